The first-order valence-corrected chi connectivity index (χ1v) is 3.19. The molecule has 0 bridgehead atoms. The van der Waals surface area contributed by atoms with Crippen molar-refractivity contribution in [1.82, 2.24) is 4.90 Å². The van der Waals surface area contributed by atoms with E-state index in [1.807, 2.05) is 0 Å². The van der Waals surface area contributed by atoms with Crippen LogP contribution in [0.1, 0.15) is 13.3 Å². The molecule has 1 aliphatic heterocycles. The molecule has 1 heterocycles. The van der Waals surface area contributed by atoms with Gasteiger partial charge >= 0.3 is 0 Å². The zero-order chi connectivity index (χ0) is 5.98. The third-order valence-corrected chi connectivity index (χ3v) is 1.44. The molecule has 0 aromatic rings. The average Bonchev–Trinajstić information content (AvgIpc) is 1.64. The molecule has 0 spiro atoms. The Kier molecular flexibility index (Phi) is 1.69. The minimum absolute atomic E-state index is 1.20. The molecule has 0 radical (unpaired) electrons. The molecule has 0 aromatic carbocycles. The lowest BCUT2D eigenvalue weighted by molar-refractivity contribution is 0.309. The summed E-state index contributed by atoms with van der Waals surface area (Å²) in [5.74, 6) is 0. The molecule has 0 saturated carbocycles. The molecule has 1 nitrogen and oxygen atoms in total. The molecule has 0 aromatic heterocycles. The van der Waals surface area contributed by atoms with Crippen LogP contribution in [0.4, 0.5) is 0 Å². The molecule has 46 valence electrons. The van der Waals surface area contributed by atoms with Gasteiger partial charge in [0.05, 0.1) is 0 Å². The van der Waals surface area contributed by atoms with Gasteiger partial charge in [0, 0.05) is 13.1 Å². The predicted octanol–water partition coefficient (Wildman–Crippen LogP) is 1.27. The van der Waals surface area contributed by atoms with Crippen LogP contribution in [0.15, 0.2) is 11.6 Å². The first kappa shape index (κ1) is 5.83. The molecule has 0 N–H and O–H groups in total. The normalized spacial score (nSPS) is 20.5. The molecular weight excluding hydrogens is 98.1 g/mol. The van der Waals surface area contributed by atoms with Crippen LogP contribution < -0.4 is 0 Å². The molecule has 1 heteroatoms. The van der Waals surface area contributed by atoms with Crippen molar-refractivity contribution >= 4 is 0 Å². The van der Waals surface area contributed by atoms with Crippen LogP contribution >= 0.6 is 0 Å². The highest BCUT2D eigenvalue weighted by atomic mass is 15.1. The quantitative estimate of drug-likeness (QED) is 0.460. The maximum atomic E-state index is 2.32. The number of likely N-dealkylation sites (N-methyl/N-ethyl adjacent to an activating group) is 1. The fourth-order valence-electron chi connectivity index (χ4n) is 1.06. The molecule has 0 atom stereocenters. The topological polar surface area (TPSA) is 3.24 Å². The van der Waals surface area contributed by atoms with E-state index < -0.39 is 0 Å². The maximum absolute atomic E-state index is 2.32. The van der Waals surface area contributed by atoms with Crippen LogP contribution in [0.3, 0.4) is 0 Å². The highest BCUT2D eigenvalue weighted by Gasteiger charge is 2.12. The third kappa shape index (κ3) is 1.10. The summed E-state index contributed by atoms with van der Waals surface area (Å²) >= 11 is 0. The molecule has 1 saturated heterocycles. The Morgan fingerprint density at radius 3 is 2.62 bits per heavy atom. The highest BCUT2D eigenvalue weighted by molar-refractivity contribution is 5.13. The first-order valence-electron chi connectivity index (χ1n) is 3.19. The Morgan fingerprint density at radius 1 is 1.62 bits per heavy atom. The van der Waals surface area contributed by atoms with Crippen molar-refractivity contribution in [1.29, 1.82) is 0 Å². The summed E-state index contributed by atoms with van der Waals surface area (Å²) in [7, 11) is 2.15. The number of hydrogen-bond donors (Lipinski definition) is 0. The first-order chi connectivity index (χ1) is 3.83. The van der Waals surface area contributed by atoms with Crippen molar-refractivity contribution in [2.75, 3.05) is 20.1 Å². The molecule has 1 rings (SSSR count). The van der Waals surface area contributed by atoms with Crippen molar-refractivity contribution in [2.24, 2.45) is 0 Å². The van der Waals surface area contributed by atoms with Crippen molar-refractivity contribution in [3.05, 3.63) is 11.6 Å². The SMILES string of the molecule is CCC=C1CN(C)C1. The molecule has 0 aliphatic carbocycles. The second kappa shape index (κ2) is 2.31. The summed E-state index contributed by atoms with van der Waals surface area (Å²) in [5.41, 5.74) is 1.61. The molecule has 1 aliphatic rings. The molecule has 0 amide bonds. The van der Waals surface area contributed by atoms with Crippen molar-refractivity contribution in [2.45, 2.75) is 13.3 Å². The minimum Gasteiger partial charge on any atom is -0.298 e. The number of likely N-dealkylation sites (tertiary alicyclic amines) is 1. The van der Waals surface area contributed by atoms with Crippen LogP contribution in [-0.4, -0.2) is 25.0 Å². The molecule has 8 heavy (non-hydrogen) atoms. The van der Waals surface area contributed by atoms with Crippen molar-refractivity contribution in [3.8, 4) is 0 Å². The van der Waals surface area contributed by atoms with Crippen LogP contribution in [0.2, 0.25) is 0 Å². The van der Waals surface area contributed by atoms with E-state index in [2.05, 4.69) is 24.9 Å². The van der Waals surface area contributed by atoms with Gasteiger partial charge in [-0.05, 0) is 19.0 Å². The summed E-state index contributed by atoms with van der Waals surface area (Å²) in [4.78, 5) is 2.31. The van der Waals surface area contributed by atoms with Gasteiger partial charge in [0.1, 0.15) is 0 Å². The summed E-state index contributed by atoms with van der Waals surface area (Å²) in [5, 5.41) is 0. The Labute approximate surface area is 51.0 Å². The van der Waals surface area contributed by atoms with E-state index in [0.29, 0.717) is 0 Å². The van der Waals surface area contributed by atoms with E-state index in [1.165, 1.54) is 19.5 Å². The second-order valence-electron chi connectivity index (χ2n) is 2.44. The monoisotopic (exact) mass is 111 g/mol. The van der Waals surface area contributed by atoms with Gasteiger partial charge in [-0.3, -0.25) is 4.90 Å². The maximum Gasteiger partial charge on any atom is 0.0206 e. The fourth-order valence-corrected chi connectivity index (χ4v) is 1.06. The highest BCUT2D eigenvalue weighted by Crippen LogP contribution is 2.10. The van der Waals surface area contributed by atoms with Gasteiger partial charge in [-0.1, -0.05) is 13.0 Å². The van der Waals surface area contributed by atoms with Crippen LogP contribution in [0.25, 0.3) is 0 Å². The van der Waals surface area contributed by atoms with Gasteiger partial charge in [-0.15, -0.1) is 0 Å². The minimum atomic E-state index is 1.20. The average molecular weight is 111 g/mol. The number of allylic oxidation sites excluding steroid dienone is 1. The summed E-state index contributed by atoms with van der Waals surface area (Å²) in [6.07, 6.45) is 3.52. The van der Waals surface area contributed by atoms with Crippen molar-refractivity contribution in [3.63, 3.8) is 0 Å². The fraction of sp³-hybridized carbons (Fsp3) is 0.714. The smallest absolute Gasteiger partial charge is 0.0206 e. The lowest BCUT2D eigenvalue weighted by Crippen LogP contribution is -2.36. The largest absolute Gasteiger partial charge is 0.298 e. The zero-order valence-electron chi connectivity index (χ0n) is 5.65. The van der Waals surface area contributed by atoms with Gasteiger partial charge in [0.2, 0.25) is 0 Å². The van der Waals surface area contributed by atoms with E-state index in [-0.39, 0.29) is 0 Å². The van der Waals surface area contributed by atoms with E-state index in [4.69, 9.17) is 0 Å². The Hall–Kier alpha value is -0.300. The summed E-state index contributed by atoms with van der Waals surface area (Å²) in [6.45, 7) is 4.59. The van der Waals surface area contributed by atoms with E-state index in [9.17, 15) is 0 Å². The van der Waals surface area contributed by atoms with E-state index in [1.54, 1.807) is 5.57 Å². The van der Waals surface area contributed by atoms with Gasteiger partial charge < -0.3 is 0 Å². The lowest BCUT2D eigenvalue weighted by atomic mass is 10.1. The summed E-state index contributed by atoms with van der Waals surface area (Å²) < 4.78 is 0. The van der Waals surface area contributed by atoms with Gasteiger partial charge in [0.25, 0.3) is 0 Å². The van der Waals surface area contributed by atoms with E-state index in [0.717, 1.165) is 0 Å². The van der Waals surface area contributed by atoms with Gasteiger partial charge in [0.15, 0.2) is 0 Å². The zero-order valence-corrected chi connectivity index (χ0v) is 5.65. The second-order valence-corrected chi connectivity index (χ2v) is 2.44. The number of nitrogens with zero attached hydrogens (tertiary/aromatic N) is 1. The van der Waals surface area contributed by atoms with Crippen LogP contribution in [0.5, 0.6) is 0 Å². The van der Waals surface area contributed by atoms with Gasteiger partial charge in [-0.2, -0.15) is 0 Å². The lowest BCUT2D eigenvalue weighted by Gasteiger charge is -2.29. The Balaban J connectivity index is 2.23. The van der Waals surface area contributed by atoms with E-state index >= 15 is 0 Å². The molecule has 0 unspecified atom stereocenters. The Bertz CT molecular complexity index is 97.0. The van der Waals surface area contributed by atoms with Crippen molar-refractivity contribution < 1.29 is 0 Å². The predicted molar refractivity (Wildman–Crippen MR) is 35.9 cm³/mol. The van der Waals surface area contributed by atoms with Crippen LogP contribution in [0, 0.1) is 0 Å². The standard InChI is InChI=1S/C7H13N/c1-3-4-7-5-8(2)6-7/h4H,3,5-6H2,1-2H3. The molecular formula is C7H13N. The van der Waals surface area contributed by atoms with Gasteiger partial charge in [-0.25, -0.2) is 0 Å². The number of hydrogen-bond acceptors (Lipinski definition) is 1. The number of rotatable bonds is 1. The van der Waals surface area contributed by atoms with Crippen LogP contribution in [-0.2, 0) is 0 Å². The summed E-state index contributed by atoms with van der Waals surface area (Å²) in [6, 6.07) is 0. The third-order valence-electron chi connectivity index (χ3n) is 1.44. The Morgan fingerprint density at radius 2 is 2.25 bits per heavy atom. The molecule has 1 fully saturated rings.